The quantitative estimate of drug-likeness (QED) is 0.744. The van der Waals surface area contributed by atoms with E-state index in [1.807, 2.05) is 43.2 Å². The zero-order chi connectivity index (χ0) is 20.4. The summed E-state index contributed by atoms with van der Waals surface area (Å²) in [6.45, 7) is 1.82. The van der Waals surface area contributed by atoms with E-state index in [9.17, 15) is 4.79 Å². The number of aryl methyl sites for hydroxylation is 1. The number of nitrogens with zero attached hydrogens (tertiary/aromatic N) is 2. The molecule has 154 valence electrons. The normalized spacial score (nSPS) is 21.8. The van der Waals surface area contributed by atoms with E-state index in [2.05, 4.69) is 15.9 Å². The molecule has 1 saturated carbocycles. The molecule has 0 radical (unpaired) electrons. The van der Waals surface area contributed by atoms with Crippen molar-refractivity contribution in [3.8, 4) is 5.75 Å². The number of carbonyl (C=O) groups excluding carboxylic acids is 1. The van der Waals surface area contributed by atoms with Gasteiger partial charge in [-0.3, -0.25) is 9.80 Å². The number of hydrazine groups is 2. The molecule has 1 fully saturated rings. The van der Waals surface area contributed by atoms with E-state index in [4.69, 9.17) is 13.9 Å². The molecule has 4 rings (SSSR count). The predicted octanol–water partition coefficient (Wildman–Crippen LogP) is 2.87. The number of esters is 1. The standard InChI is InChI=1S/C21H26N4O4/c1-13-22-12-18(28-13)20-19(23-24-25(20)2)14-7-9-16(10-8-14)29-17-6-4-5-15(11-17)21(26)27-3/h7-10,12,15,17,23-24H,4-6,11H2,1-3H3/t15-,17-/m0/s1. The monoisotopic (exact) mass is 398 g/mol. The predicted molar refractivity (Wildman–Crippen MR) is 107 cm³/mol. The molecule has 8 heteroatoms. The maximum absolute atomic E-state index is 11.8. The topological polar surface area (TPSA) is 88.9 Å². The molecule has 0 amide bonds. The van der Waals surface area contributed by atoms with Gasteiger partial charge in [-0.2, -0.15) is 0 Å². The fraction of sp³-hybridized carbons (Fsp3) is 0.429. The van der Waals surface area contributed by atoms with E-state index in [0.717, 1.165) is 42.0 Å². The van der Waals surface area contributed by atoms with Gasteiger partial charge in [0.15, 0.2) is 11.7 Å². The molecule has 2 aromatic rings. The van der Waals surface area contributed by atoms with Gasteiger partial charge in [-0.25, -0.2) is 4.98 Å². The van der Waals surface area contributed by atoms with Gasteiger partial charge in [-0.05, 0) is 49.9 Å². The van der Waals surface area contributed by atoms with Crippen LogP contribution in [0.5, 0.6) is 5.75 Å². The van der Waals surface area contributed by atoms with E-state index in [1.54, 1.807) is 6.20 Å². The van der Waals surface area contributed by atoms with Crippen molar-refractivity contribution in [2.75, 3.05) is 14.2 Å². The highest BCUT2D eigenvalue weighted by Crippen LogP contribution is 2.32. The zero-order valence-corrected chi connectivity index (χ0v) is 16.9. The molecule has 0 unspecified atom stereocenters. The average molecular weight is 398 g/mol. The van der Waals surface area contributed by atoms with Crippen molar-refractivity contribution in [1.29, 1.82) is 0 Å². The molecule has 1 aliphatic heterocycles. The summed E-state index contributed by atoms with van der Waals surface area (Å²) < 4.78 is 16.7. The van der Waals surface area contributed by atoms with Crippen molar-refractivity contribution in [2.24, 2.45) is 5.92 Å². The Morgan fingerprint density at radius 2 is 2.07 bits per heavy atom. The van der Waals surface area contributed by atoms with Gasteiger partial charge in [0.2, 0.25) is 0 Å². The summed E-state index contributed by atoms with van der Waals surface area (Å²) in [7, 11) is 3.35. The average Bonchev–Trinajstić information content (AvgIpc) is 3.33. The van der Waals surface area contributed by atoms with E-state index in [1.165, 1.54) is 7.11 Å². The first-order valence-corrected chi connectivity index (χ1v) is 9.82. The molecule has 1 aromatic carbocycles. The molecule has 1 aromatic heterocycles. The highest BCUT2D eigenvalue weighted by molar-refractivity contribution is 5.88. The third kappa shape index (κ3) is 4.07. The molecule has 0 saturated heterocycles. The van der Waals surface area contributed by atoms with Crippen LogP contribution in [0.2, 0.25) is 0 Å². The Labute approximate surface area is 169 Å². The second kappa shape index (κ2) is 8.16. The van der Waals surface area contributed by atoms with Gasteiger partial charge in [-0.15, -0.1) is 5.53 Å². The number of carbonyl (C=O) groups is 1. The lowest BCUT2D eigenvalue weighted by atomic mass is 9.87. The van der Waals surface area contributed by atoms with Gasteiger partial charge in [-0.1, -0.05) is 0 Å². The summed E-state index contributed by atoms with van der Waals surface area (Å²) in [5.74, 6) is 1.89. The van der Waals surface area contributed by atoms with Crippen LogP contribution in [0.15, 0.2) is 34.9 Å². The van der Waals surface area contributed by atoms with Crippen molar-refractivity contribution in [1.82, 2.24) is 21.0 Å². The Morgan fingerprint density at radius 3 is 2.76 bits per heavy atom. The molecule has 0 spiro atoms. The molecule has 2 N–H and O–H groups in total. The first-order chi connectivity index (χ1) is 14.0. The Bertz CT molecular complexity index is 906. The number of oxazole rings is 1. The molecule has 8 nitrogen and oxygen atoms in total. The fourth-order valence-corrected chi connectivity index (χ4v) is 3.92. The number of aromatic nitrogens is 1. The summed E-state index contributed by atoms with van der Waals surface area (Å²) in [5.41, 5.74) is 9.03. The number of ether oxygens (including phenoxy) is 2. The Balaban J connectivity index is 1.49. The second-order valence-electron chi connectivity index (χ2n) is 7.41. The first kappa shape index (κ1) is 19.3. The van der Waals surface area contributed by atoms with E-state index in [0.29, 0.717) is 18.1 Å². The zero-order valence-electron chi connectivity index (χ0n) is 16.9. The Kier molecular flexibility index (Phi) is 5.44. The van der Waals surface area contributed by atoms with Crippen LogP contribution in [0.1, 0.15) is 42.9 Å². The lowest BCUT2D eigenvalue weighted by molar-refractivity contribution is -0.147. The van der Waals surface area contributed by atoms with Crippen molar-refractivity contribution in [3.63, 3.8) is 0 Å². The van der Waals surface area contributed by atoms with Gasteiger partial charge >= 0.3 is 5.97 Å². The van der Waals surface area contributed by atoms with Gasteiger partial charge in [0.05, 0.1) is 31.0 Å². The maximum atomic E-state index is 11.8. The van der Waals surface area contributed by atoms with Crippen LogP contribution in [-0.2, 0) is 9.53 Å². The lowest BCUT2D eigenvalue weighted by Gasteiger charge is -2.28. The minimum atomic E-state index is -0.139. The van der Waals surface area contributed by atoms with Crippen LogP contribution in [0.25, 0.3) is 11.4 Å². The summed E-state index contributed by atoms with van der Waals surface area (Å²) in [6, 6.07) is 7.91. The molecule has 2 atom stereocenters. The molecular formula is C21H26N4O4. The van der Waals surface area contributed by atoms with E-state index in [-0.39, 0.29) is 18.0 Å². The maximum Gasteiger partial charge on any atom is 0.308 e. The lowest BCUT2D eigenvalue weighted by Crippen LogP contribution is -2.34. The van der Waals surface area contributed by atoms with Crippen LogP contribution in [0.3, 0.4) is 0 Å². The van der Waals surface area contributed by atoms with Crippen LogP contribution in [0, 0.1) is 12.8 Å². The largest absolute Gasteiger partial charge is 0.490 e. The number of hydrogen-bond donors (Lipinski definition) is 2. The van der Waals surface area contributed by atoms with Crippen LogP contribution < -0.4 is 15.7 Å². The smallest absolute Gasteiger partial charge is 0.308 e. The molecular weight excluding hydrogens is 372 g/mol. The minimum Gasteiger partial charge on any atom is -0.490 e. The SMILES string of the molecule is COC(=O)[C@H]1CCC[C@H](Oc2ccc(C3=C(c4cnc(C)o4)N(C)NN3)cc2)C1. The first-order valence-electron chi connectivity index (χ1n) is 9.82. The van der Waals surface area contributed by atoms with Crippen LogP contribution in [0.4, 0.5) is 0 Å². The summed E-state index contributed by atoms with van der Waals surface area (Å²) in [6.07, 6.45) is 5.24. The molecule has 1 aliphatic carbocycles. The molecule has 0 bridgehead atoms. The summed E-state index contributed by atoms with van der Waals surface area (Å²) in [5, 5.41) is 1.86. The summed E-state index contributed by atoms with van der Waals surface area (Å²) >= 11 is 0. The third-order valence-electron chi connectivity index (χ3n) is 5.38. The highest BCUT2D eigenvalue weighted by atomic mass is 16.5. The Morgan fingerprint density at radius 1 is 1.28 bits per heavy atom. The highest BCUT2D eigenvalue weighted by Gasteiger charge is 2.29. The number of nitrogens with one attached hydrogen (secondary N) is 2. The van der Waals surface area contributed by atoms with Gasteiger partial charge in [0.1, 0.15) is 11.4 Å². The van der Waals surface area contributed by atoms with E-state index < -0.39 is 0 Å². The van der Waals surface area contributed by atoms with Crippen LogP contribution in [-0.4, -0.2) is 36.2 Å². The second-order valence-corrected chi connectivity index (χ2v) is 7.41. The van der Waals surface area contributed by atoms with Crippen molar-refractivity contribution in [2.45, 2.75) is 38.7 Å². The number of hydrogen-bond acceptors (Lipinski definition) is 8. The third-order valence-corrected chi connectivity index (χ3v) is 5.38. The van der Waals surface area contributed by atoms with Gasteiger partial charge in [0.25, 0.3) is 0 Å². The van der Waals surface area contributed by atoms with Crippen molar-refractivity contribution >= 4 is 17.4 Å². The fourth-order valence-electron chi connectivity index (χ4n) is 3.92. The van der Waals surface area contributed by atoms with E-state index >= 15 is 0 Å². The van der Waals surface area contributed by atoms with Crippen molar-refractivity contribution < 1.29 is 18.7 Å². The summed E-state index contributed by atoms with van der Waals surface area (Å²) in [4.78, 5) is 16.0. The number of rotatable bonds is 5. The van der Waals surface area contributed by atoms with Crippen molar-refractivity contribution in [3.05, 3.63) is 47.7 Å². The van der Waals surface area contributed by atoms with Gasteiger partial charge < -0.3 is 19.3 Å². The Hall–Kier alpha value is -3.00. The molecule has 2 heterocycles. The van der Waals surface area contributed by atoms with Crippen LogP contribution >= 0.6 is 0 Å². The number of methoxy groups -OCH3 is 1. The molecule has 29 heavy (non-hydrogen) atoms. The minimum absolute atomic E-state index is 0.0306. The number of benzene rings is 1. The molecule has 2 aliphatic rings. The van der Waals surface area contributed by atoms with Gasteiger partial charge in [0, 0.05) is 19.5 Å².